The van der Waals surface area contributed by atoms with E-state index in [2.05, 4.69) is 38.0 Å². The highest BCUT2D eigenvalue weighted by Crippen LogP contribution is 2.43. The van der Waals surface area contributed by atoms with E-state index in [1.54, 1.807) is 19.1 Å². The van der Waals surface area contributed by atoms with Crippen LogP contribution >= 0.6 is 0 Å². The number of allylic oxidation sites excluding steroid dienone is 3. The van der Waals surface area contributed by atoms with E-state index in [1.165, 1.54) is 0 Å². The number of hydrogen-bond acceptors (Lipinski definition) is 7. The fourth-order valence-corrected chi connectivity index (χ4v) is 6.95. The molecule has 0 aromatic rings. The standard InChI is InChI=1S/C37H62N2O7/c1-7-11-29(40)22-31-17-15-26(4)34(44-31)23-35(42)39-24-32(41)28(6)36(43)38-21-10-13-33-27(5)18-20-37(46-33)19-9-12-30(45-37)16-14-25(3)8-2/h7-8,11,25-28,30-34,41H,2,9-10,12-24H2,1,3-6H3,(H,38,43)(H,39,42)/b11-7+/t25-,26?,27?,28+,30+,31+,32+,33-,34?,37+/m1/s1. The Labute approximate surface area is 277 Å². The molecule has 2 amide bonds. The molecule has 3 saturated heterocycles. The zero-order valence-corrected chi connectivity index (χ0v) is 29.1. The molecule has 3 aliphatic heterocycles. The average Bonchev–Trinajstić information content (AvgIpc) is 3.03. The van der Waals surface area contributed by atoms with Gasteiger partial charge in [0.05, 0.1) is 42.9 Å². The highest BCUT2D eigenvalue weighted by atomic mass is 16.7. The Hall–Kier alpha value is -2.07. The van der Waals surface area contributed by atoms with Gasteiger partial charge in [-0.3, -0.25) is 14.4 Å². The molecule has 3 aliphatic rings. The summed E-state index contributed by atoms with van der Waals surface area (Å²) in [5, 5.41) is 16.4. The predicted molar refractivity (Wildman–Crippen MR) is 180 cm³/mol. The van der Waals surface area contributed by atoms with E-state index in [1.807, 2.05) is 13.0 Å². The molecule has 10 atom stereocenters. The number of rotatable bonds is 17. The third-order valence-electron chi connectivity index (χ3n) is 10.4. The summed E-state index contributed by atoms with van der Waals surface area (Å²) >= 11 is 0. The lowest BCUT2D eigenvalue weighted by Gasteiger charge is -2.48. The molecule has 262 valence electrons. The van der Waals surface area contributed by atoms with Crippen molar-refractivity contribution in [1.82, 2.24) is 10.6 Å². The monoisotopic (exact) mass is 646 g/mol. The minimum atomic E-state index is -1.01. The fraction of sp³-hybridized carbons (Fsp3) is 0.811. The van der Waals surface area contributed by atoms with E-state index in [0.717, 1.165) is 70.6 Å². The second kappa shape index (κ2) is 19.1. The van der Waals surface area contributed by atoms with Crippen LogP contribution in [0.5, 0.6) is 0 Å². The molecule has 3 N–H and O–H groups in total. The van der Waals surface area contributed by atoms with Gasteiger partial charge >= 0.3 is 0 Å². The number of carbonyl (C=O) groups is 3. The third-order valence-corrected chi connectivity index (χ3v) is 10.4. The maximum absolute atomic E-state index is 12.8. The van der Waals surface area contributed by atoms with Gasteiger partial charge in [0.1, 0.15) is 0 Å². The van der Waals surface area contributed by atoms with Crippen molar-refractivity contribution in [3.05, 3.63) is 24.8 Å². The van der Waals surface area contributed by atoms with Crippen LogP contribution < -0.4 is 10.6 Å². The van der Waals surface area contributed by atoms with Crippen molar-refractivity contribution in [2.45, 2.75) is 154 Å². The van der Waals surface area contributed by atoms with Crippen LogP contribution in [0.4, 0.5) is 0 Å². The lowest BCUT2D eigenvalue weighted by atomic mass is 9.85. The van der Waals surface area contributed by atoms with E-state index in [9.17, 15) is 19.5 Å². The molecular weight excluding hydrogens is 584 g/mol. The zero-order chi connectivity index (χ0) is 33.7. The van der Waals surface area contributed by atoms with Crippen molar-refractivity contribution in [2.75, 3.05) is 13.1 Å². The number of ketones is 1. The summed E-state index contributed by atoms with van der Waals surface area (Å²) in [5.41, 5.74) is 0. The first-order chi connectivity index (χ1) is 21.9. The summed E-state index contributed by atoms with van der Waals surface area (Å²) < 4.78 is 19.4. The van der Waals surface area contributed by atoms with Gasteiger partial charge in [0, 0.05) is 32.4 Å². The Morgan fingerprint density at radius 1 is 0.957 bits per heavy atom. The summed E-state index contributed by atoms with van der Waals surface area (Å²) in [4.78, 5) is 37.4. The van der Waals surface area contributed by atoms with Gasteiger partial charge in [-0.2, -0.15) is 0 Å². The minimum absolute atomic E-state index is 0.0132. The number of amides is 2. The molecule has 46 heavy (non-hydrogen) atoms. The largest absolute Gasteiger partial charge is 0.390 e. The molecule has 0 radical (unpaired) electrons. The first-order valence-electron chi connectivity index (χ1n) is 18.0. The summed E-state index contributed by atoms with van der Waals surface area (Å²) in [5.74, 6) is -0.462. The summed E-state index contributed by atoms with van der Waals surface area (Å²) in [6.07, 6.45) is 15.2. The van der Waals surface area contributed by atoms with Gasteiger partial charge in [-0.05, 0) is 88.5 Å². The van der Waals surface area contributed by atoms with Crippen molar-refractivity contribution in [3.8, 4) is 0 Å². The van der Waals surface area contributed by atoms with Gasteiger partial charge in [0.2, 0.25) is 11.8 Å². The number of hydrogen-bond donors (Lipinski definition) is 3. The Kier molecular flexibility index (Phi) is 15.9. The van der Waals surface area contributed by atoms with Crippen LogP contribution in [0.1, 0.15) is 118 Å². The average molecular weight is 647 g/mol. The SMILES string of the molecule is C=C[C@@H](C)CC[C@@H]1CCC[C@]2(CCC(C)[C@@H](CCCNC(=O)[C@@H](C)[C@@H](O)CNC(=O)CC3O[C@H](CC(=O)/C=C/C)CCC3C)O2)O1. The van der Waals surface area contributed by atoms with Crippen LogP contribution in [0.25, 0.3) is 0 Å². The molecule has 3 rings (SSSR count). The van der Waals surface area contributed by atoms with Crippen LogP contribution in [0, 0.1) is 23.7 Å². The Bertz CT molecular complexity index is 1020. The lowest BCUT2D eigenvalue weighted by molar-refractivity contribution is -0.324. The van der Waals surface area contributed by atoms with Gasteiger partial charge in [-0.1, -0.05) is 39.8 Å². The zero-order valence-electron chi connectivity index (χ0n) is 29.1. The molecule has 0 saturated carbocycles. The molecule has 1 spiro atoms. The van der Waals surface area contributed by atoms with Crippen LogP contribution in [0.3, 0.4) is 0 Å². The van der Waals surface area contributed by atoms with Crippen molar-refractivity contribution < 1.29 is 33.7 Å². The maximum atomic E-state index is 12.8. The molecule has 9 nitrogen and oxygen atoms in total. The first kappa shape index (κ1) is 38.4. The third kappa shape index (κ3) is 12.2. The first-order valence-corrected chi connectivity index (χ1v) is 18.0. The number of aliphatic hydroxyl groups excluding tert-OH is 1. The second-order valence-electron chi connectivity index (χ2n) is 14.3. The van der Waals surface area contributed by atoms with Crippen molar-refractivity contribution in [3.63, 3.8) is 0 Å². The summed E-state index contributed by atoms with van der Waals surface area (Å²) in [6, 6.07) is 0. The number of aliphatic hydroxyl groups is 1. The van der Waals surface area contributed by atoms with Crippen molar-refractivity contribution >= 4 is 17.6 Å². The molecule has 0 aliphatic carbocycles. The molecule has 0 aromatic carbocycles. The van der Waals surface area contributed by atoms with Gasteiger partial charge in [0.25, 0.3) is 0 Å². The maximum Gasteiger partial charge on any atom is 0.225 e. The molecule has 3 fully saturated rings. The lowest BCUT2D eigenvalue weighted by Crippen LogP contribution is -2.50. The molecule has 3 heterocycles. The van der Waals surface area contributed by atoms with Gasteiger partial charge in [-0.15, -0.1) is 6.58 Å². The second-order valence-corrected chi connectivity index (χ2v) is 14.3. The Balaban J connectivity index is 1.35. The van der Waals surface area contributed by atoms with Crippen LogP contribution in [0.15, 0.2) is 24.8 Å². The number of carbonyl (C=O) groups excluding carboxylic acids is 3. The number of nitrogens with one attached hydrogen (secondary N) is 2. The van der Waals surface area contributed by atoms with E-state index in [-0.39, 0.29) is 60.9 Å². The van der Waals surface area contributed by atoms with Gasteiger partial charge < -0.3 is 30.0 Å². The quantitative estimate of drug-likeness (QED) is 0.104. The molecule has 0 aromatic heterocycles. The van der Waals surface area contributed by atoms with E-state index in [0.29, 0.717) is 24.8 Å². The Morgan fingerprint density at radius 3 is 2.46 bits per heavy atom. The van der Waals surface area contributed by atoms with E-state index >= 15 is 0 Å². The van der Waals surface area contributed by atoms with Gasteiger partial charge in [0.15, 0.2) is 11.6 Å². The van der Waals surface area contributed by atoms with Crippen LogP contribution in [0.2, 0.25) is 0 Å². The topological polar surface area (TPSA) is 123 Å². The molecule has 3 unspecified atom stereocenters. The molecular formula is C37H62N2O7. The highest BCUT2D eigenvalue weighted by Gasteiger charge is 2.44. The van der Waals surface area contributed by atoms with Crippen molar-refractivity contribution in [1.29, 1.82) is 0 Å². The minimum Gasteiger partial charge on any atom is -0.390 e. The van der Waals surface area contributed by atoms with Crippen LogP contribution in [-0.2, 0) is 28.6 Å². The Morgan fingerprint density at radius 2 is 1.72 bits per heavy atom. The molecule has 0 bridgehead atoms. The summed E-state index contributed by atoms with van der Waals surface area (Å²) in [6.45, 7) is 14.4. The van der Waals surface area contributed by atoms with E-state index < -0.39 is 17.8 Å². The fourth-order valence-electron chi connectivity index (χ4n) is 6.95. The van der Waals surface area contributed by atoms with Crippen LogP contribution in [-0.4, -0.2) is 72.1 Å². The van der Waals surface area contributed by atoms with Gasteiger partial charge in [-0.25, -0.2) is 0 Å². The molecule has 9 heteroatoms. The normalized spacial score (nSPS) is 32.0. The van der Waals surface area contributed by atoms with Crippen molar-refractivity contribution in [2.24, 2.45) is 23.7 Å². The van der Waals surface area contributed by atoms with E-state index in [4.69, 9.17) is 14.2 Å². The number of ether oxygens (including phenoxy) is 3. The highest BCUT2D eigenvalue weighted by molar-refractivity contribution is 5.89. The smallest absolute Gasteiger partial charge is 0.225 e. The summed E-state index contributed by atoms with van der Waals surface area (Å²) in [7, 11) is 0. The predicted octanol–water partition coefficient (Wildman–Crippen LogP) is 5.79.